The lowest BCUT2D eigenvalue weighted by Crippen LogP contribution is -2.36. The number of ether oxygens (including phenoxy) is 1. The first kappa shape index (κ1) is 18.0. The molecular formula is C20H20FN5O2. The summed E-state index contributed by atoms with van der Waals surface area (Å²) in [5.41, 5.74) is 0.245. The van der Waals surface area contributed by atoms with E-state index in [4.69, 9.17) is 4.74 Å². The molecule has 28 heavy (non-hydrogen) atoms. The molecule has 0 bridgehead atoms. The maximum atomic E-state index is 13.7. The molecule has 2 amide bonds. The molecule has 1 atom stereocenters. The largest absolute Gasteiger partial charge is 0.455 e. The topological polar surface area (TPSA) is 81.1 Å². The second kappa shape index (κ2) is 7.67. The van der Waals surface area contributed by atoms with Gasteiger partial charge in [-0.15, -0.1) is 0 Å². The van der Waals surface area contributed by atoms with Crippen molar-refractivity contribution in [3.63, 3.8) is 0 Å². The fourth-order valence-electron chi connectivity index (χ4n) is 3.23. The highest BCUT2D eigenvalue weighted by Gasteiger charge is 2.25. The third-order valence-electron chi connectivity index (χ3n) is 4.45. The minimum absolute atomic E-state index is 0.245. The molecule has 144 valence electrons. The van der Waals surface area contributed by atoms with Crippen molar-refractivity contribution in [2.45, 2.75) is 32.4 Å². The second-order valence-electron chi connectivity index (χ2n) is 6.59. The summed E-state index contributed by atoms with van der Waals surface area (Å²) in [4.78, 5) is 17.0. The van der Waals surface area contributed by atoms with Crippen LogP contribution >= 0.6 is 0 Å². The number of hydrogen-bond donors (Lipinski definition) is 2. The molecule has 2 N–H and O–H groups in total. The number of nitrogens with one attached hydrogen (secondary N) is 2. The van der Waals surface area contributed by atoms with Crippen LogP contribution in [0.4, 0.5) is 14.9 Å². The monoisotopic (exact) mass is 381 g/mol. The van der Waals surface area contributed by atoms with E-state index in [9.17, 15) is 9.18 Å². The van der Waals surface area contributed by atoms with Crippen LogP contribution in [0, 0.1) is 12.7 Å². The van der Waals surface area contributed by atoms with Crippen LogP contribution in [0.2, 0.25) is 0 Å². The van der Waals surface area contributed by atoms with E-state index in [0.29, 0.717) is 17.3 Å². The number of rotatable bonds is 4. The van der Waals surface area contributed by atoms with Crippen LogP contribution in [0.1, 0.15) is 30.5 Å². The van der Waals surface area contributed by atoms with Gasteiger partial charge in [-0.3, -0.25) is 0 Å². The van der Waals surface area contributed by atoms with Crippen molar-refractivity contribution in [1.82, 2.24) is 20.1 Å². The van der Waals surface area contributed by atoms with Gasteiger partial charge in [0.05, 0.1) is 11.7 Å². The zero-order valence-electron chi connectivity index (χ0n) is 15.4. The molecule has 0 aliphatic carbocycles. The molecule has 0 spiro atoms. The van der Waals surface area contributed by atoms with E-state index in [1.54, 1.807) is 12.1 Å². The van der Waals surface area contributed by atoms with Crippen molar-refractivity contribution >= 4 is 11.7 Å². The van der Waals surface area contributed by atoms with Gasteiger partial charge in [-0.25, -0.2) is 18.9 Å². The highest BCUT2D eigenvalue weighted by Crippen LogP contribution is 2.30. The van der Waals surface area contributed by atoms with E-state index in [0.717, 1.165) is 25.2 Å². The molecule has 1 aliphatic rings. The molecular weight excluding hydrogens is 361 g/mol. The summed E-state index contributed by atoms with van der Waals surface area (Å²) >= 11 is 0. The Kier molecular flexibility index (Phi) is 4.92. The summed E-state index contributed by atoms with van der Waals surface area (Å²) in [6.07, 6.45) is 1.66. The first-order chi connectivity index (χ1) is 13.6. The summed E-state index contributed by atoms with van der Waals surface area (Å²) in [6, 6.07) is 12.4. The Morgan fingerprint density at radius 2 is 2.07 bits per heavy atom. The summed E-state index contributed by atoms with van der Waals surface area (Å²) in [5, 5.41) is 9.91. The van der Waals surface area contributed by atoms with Crippen LogP contribution in [-0.4, -0.2) is 20.8 Å². The Hall–Kier alpha value is -3.42. The zero-order valence-corrected chi connectivity index (χ0v) is 15.4. The quantitative estimate of drug-likeness (QED) is 0.711. The molecule has 0 fully saturated rings. The van der Waals surface area contributed by atoms with Gasteiger partial charge in [0, 0.05) is 12.6 Å². The number of carbonyl (C=O) groups is 1. The Morgan fingerprint density at radius 1 is 1.25 bits per heavy atom. The Labute approximate surface area is 161 Å². The highest BCUT2D eigenvalue weighted by atomic mass is 19.1. The number of para-hydroxylation sites is 1. The average molecular weight is 381 g/mol. The number of urea groups is 1. The third kappa shape index (κ3) is 3.95. The second-order valence-corrected chi connectivity index (χ2v) is 6.59. The minimum atomic E-state index is -0.469. The number of amides is 2. The van der Waals surface area contributed by atoms with Crippen LogP contribution in [0.25, 0.3) is 0 Å². The SMILES string of the molecule is Cc1nc2n(n1)CCCC2NC(=O)Nc1cc(F)ccc1Oc1ccccc1. The molecule has 0 saturated heterocycles. The van der Waals surface area contributed by atoms with Gasteiger partial charge in [0.1, 0.15) is 23.2 Å². The molecule has 2 aromatic carbocycles. The van der Waals surface area contributed by atoms with Crippen molar-refractivity contribution in [3.8, 4) is 11.5 Å². The first-order valence-electron chi connectivity index (χ1n) is 9.10. The molecule has 4 rings (SSSR count). The molecule has 8 heteroatoms. The van der Waals surface area contributed by atoms with E-state index in [1.807, 2.05) is 29.8 Å². The molecule has 0 radical (unpaired) electrons. The number of halogens is 1. The Morgan fingerprint density at radius 3 is 2.89 bits per heavy atom. The van der Waals surface area contributed by atoms with Crippen LogP contribution in [-0.2, 0) is 6.54 Å². The van der Waals surface area contributed by atoms with E-state index < -0.39 is 11.8 Å². The number of carbonyl (C=O) groups excluding carboxylic acids is 1. The van der Waals surface area contributed by atoms with Crippen molar-refractivity contribution in [2.75, 3.05) is 5.32 Å². The van der Waals surface area contributed by atoms with Crippen LogP contribution in [0.5, 0.6) is 11.5 Å². The predicted octanol–water partition coefficient (Wildman–Crippen LogP) is 4.17. The Bertz CT molecular complexity index is 990. The summed E-state index contributed by atoms with van der Waals surface area (Å²) in [6.45, 7) is 2.61. The highest BCUT2D eigenvalue weighted by molar-refractivity contribution is 5.91. The van der Waals surface area contributed by atoms with Gasteiger partial charge < -0.3 is 15.4 Å². The lowest BCUT2D eigenvalue weighted by Gasteiger charge is -2.23. The fraction of sp³-hybridized carbons (Fsp3) is 0.250. The predicted molar refractivity (Wildman–Crippen MR) is 102 cm³/mol. The van der Waals surface area contributed by atoms with Gasteiger partial charge in [-0.05, 0) is 44.0 Å². The van der Waals surface area contributed by atoms with Crippen LogP contribution in [0.3, 0.4) is 0 Å². The third-order valence-corrected chi connectivity index (χ3v) is 4.45. The van der Waals surface area contributed by atoms with Gasteiger partial charge in [-0.2, -0.15) is 5.10 Å². The number of aromatic nitrogens is 3. The number of hydrogen-bond acceptors (Lipinski definition) is 4. The van der Waals surface area contributed by atoms with Gasteiger partial charge in [0.25, 0.3) is 0 Å². The van der Waals surface area contributed by atoms with Gasteiger partial charge in [-0.1, -0.05) is 18.2 Å². The summed E-state index contributed by atoms with van der Waals surface area (Å²) < 4.78 is 21.3. The average Bonchev–Trinajstić information content (AvgIpc) is 3.06. The summed E-state index contributed by atoms with van der Waals surface area (Å²) in [7, 11) is 0. The standard InChI is InChI=1S/C20H20FN5O2/c1-13-22-19-16(8-5-11-26(19)25-13)23-20(27)24-17-12-14(21)9-10-18(17)28-15-6-3-2-4-7-15/h2-4,6-7,9-10,12,16H,5,8,11H2,1H3,(H2,23,24,27). The van der Waals surface area contributed by atoms with Crippen molar-refractivity contribution in [3.05, 3.63) is 66.0 Å². The van der Waals surface area contributed by atoms with Crippen molar-refractivity contribution in [2.24, 2.45) is 0 Å². The fourth-order valence-corrected chi connectivity index (χ4v) is 3.23. The first-order valence-corrected chi connectivity index (χ1v) is 9.10. The number of aryl methyl sites for hydroxylation is 2. The number of fused-ring (bicyclic) bond motifs is 1. The molecule has 3 aromatic rings. The molecule has 1 aromatic heterocycles. The normalized spacial score (nSPS) is 15.6. The van der Waals surface area contributed by atoms with E-state index in [2.05, 4.69) is 20.7 Å². The minimum Gasteiger partial charge on any atom is -0.455 e. The summed E-state index contributed by atoms with van der Waals surface area (Å²) in [5.74, 6) is 1.88. The van der Waals surface area contributed by atoms with Gasteiger partial charge >= 0.3 is 6.03 Å². The van der Waals surface area contributed by atoms with Crippen LogP contribution < -0.4 is 15.4 Å². The molecule has 7 nitrogen and oxygen atoms in total. The zero-order chi connectivity index (χ0) is 19.5. The lowest BCUT2D eigenvalue weighted by atomic mass is 10.1. The van der Waals surface area contributed by atoms with E-state index >= 15 is 0 Å². The molecule has 2 heterocycles. The number of benzene rings is 2. The van der Waals surface area contributed by atoms with Crippen LogP contribution in [0.15, 0.2) is 48.5 Å². The Balaban J connectivity index is 1.49. The van der Waals surface area contributed by atoms with Gasteiger partial charge in [0.2, 0.25) is 0 Å². The van der Waals surface area contributed by atoms with E-state index in [-0.39, 0.29) is 11.7 Å². The van der Waals surface area contributed by atoms with E-state index in [1.165, 1.54) is 18.2 Å². The molecule has 0 saturated carbocycles. The van der Waals surface area contributed by atoms with Crippen molar-refractivity contribution in [1.29, 1.82) is 0 Å². The molecule has 1 aliphatic heterocycles. The maximum absolute atomic E-state index is 13.7. The smallest absolute Gasteiger partial charge is 0.319 e. The number of nitrogens with zero attached hydrogens (tertiary/aromatic N) is 3. The molecule has 1 unspecified atom stereocenters. The van der Waals surface area contributed by atoms with Crippen molar-refractivity contribution < 1.29 is 13.9 Å². The number of anilines is 1. The lowest BCUT2D eigenvalue weighted by molar-refractivity contribution is 0.244. The van der Waals surface area contributed by atoms with Gasteiger partial charge in [0.15, 0.2) is 5.75 Å². The maximum Gasteiger partial charge on any atom is 0.319 e.